The molecule has 1 heterocycles. The molecule has 7 heteroatoms. The summed E-state index contributed by atoms with van der Waals surface area (Å²) in [6, 6.07) is 8.68. The molecule has 0 unspecified atom stereocenters. The van der Waals surface area contributed by atoms with Gasteiger partial charge in [-0.2, -0.15) is 13.2 Å². The first kappa shape index (κ1) is 14.5. The van der Waals surface area contributed by atoms with Crippen molar-refractivity contribution in [1.29, 1.82) is 0 Å². The monoisotopic (exact) mass is 312 g/mol. The average Bonchev–Trinajstić information content (AvgIpc) is 2.82. The molecule has 3 rings (SSSR count). The molecular formula is C15H9F5N2. The van der Waals surface area contributed by atoms with Crippen molar-refractivity contribution in [2.24, 2.45) is 0 Å². The smallest absolute Gasteiger partial charge is 0.316 e. The van der Waals surface area contributed by atoms with Crippen molar-refractivity contribution >= 4 is 11.0 Å². The highest BCUT2D eigenvalue weighted by Gasteiger charge is 2.37. The fourth-order valence-corrected chi connectivity index (χ4v) is 2.29. The molecule has 0 aliphatic rings. The van der Waals surface area contributed by atoms with Gasteiger partial charge in [0.1, 0.15) is 11.6 Å². The summed E-state index contributed by atoms with van der Waals surface area (Å²) >= 11 is 0. The van der Waals surface area contributed by atoms with Crippen LogP contribution in [0.1, 0.15) is 11.4 Å². The van der Waals surface area contributed by atoms with Gasteiger partial charge < -0.3 is 4.57 Å². The Morgan fingerprint density at radius 3 is 2.45 bits per heavy atom. The molecule has 0 aliphatic heterocycles. The van der Waals surface area contributed by atoms with E-state index in [0.717, 1.165) is 22.8 Å². The van der Waals surface area contributed by atoms with Gasteiger partial charge in [-0.05, 0) is 30.3 Å². The molecule has 2 nitrogen and oxygen atoms in total. The zero-order valence-electron chi connectivity index (χ0n) is 11.0. The maximum Gasteiger partial charge on any atom is 0.449 e. The van der Waals surface area contributed by atoms with Crippen molar-refractivity contribution < 1.29 is 22.0 Å². The van der Waals surface area contributed by atoms with Crippen LogP contribution in [0.2, 0.25) is 0 Å². The van der Waals surface area contributed by atoms with Crippen LogP contribution in [-0.2, 0) is 12.7 Å². The fraction of sp³-hybridized carbons (Fsp3) is 0.133. The summed E-state index contributed by atoms with van der Waals surface area (Å²) in [7, 11) is 0. The molecule has 114 valence electrons. The number of rotatable bonds is 2. The third-order valence-corrected chi connectivity index (χ3v) is 3.24. The van der Waals surface area contributed by atoms with Gasteiger partial charge in [0.15, 0.2) is 0 Å². The molecule has 1 aromatic heterocycles. The lowest BCUT2D eigenvalue weighted by atomic mass is 10.2. The van der Waals surface area contributed by atoms with E-state index in [1.807, 2.05) is 0 Å². The van der Waals surface area contributed by atoms with Gasteiger partial charge >= 0.3 is 6.18 Å². The first-order chi connectivity index (χ1) is 10.4. The topological polar surface area (TPSA) is 17.8 Å². The van der Waals surface area contributed by atoms with E-state index in [1.54, 1.807) is 12.1 Å². The fourth-order valence-electron chi connectivity index (χ4n) is 2.29. The van der Waals surface area contributed by atoms with E-state index in [-0.39, 0.29) is 16.6 Å². The van der Waals surface area contributed by atoms with Crippen molar-refractivity contribution in [1.82, 2.24) is 9.55 Å². The van der Waals surface area contributed by atoms with E-state index in [4.69, 9.17) is 0 Å². The van der Waals surface area contributed by atoms with Crippen LogP contribution >= 0.6 is 0 Å². The Labute approximate surface area is 121 Å². The van der Waals surface area contributed by atoms with Crippen LogP contribution in [0.15, 0.2) is 42.5 Å². The van der Waals surface area contributed by atoms with Crippen LogP contribution in [0.5, 0.6) is 0 Å². The zero-order valence-corrected chi connectivity index (χ0v) is 11.0. The minimum atomic E-state index is -4.69. The summed E-state index contributed by atoms with van der Waals surface area (Å²) in [4.78, 5) is 3.55. The van der Waals surface area contributed by atoms with Crippen molar-refractivity contribution in [2.75, 3.05) is 0 Å². The lowest BCUT2D eigenvalue weighted by Crippen LogP contribution is -2.16. The van der Waals surface area contributed by atoms with Crippen LogP contribution in [0.4, 0.5) is 22.0 Å². The number of para-hydroxylation sites is 2. The van der Waals surface area contributed by atoms with Crippen LogP contribution < -0.4 is 0 Å². The highest BCUT2D eigenvalue weighted by atomic mass is 19.4. The normalized spacial score (nSPS) is 12.0. The van der Waals surface area contributed by atoms with Crippen molar-refractivity contribution in [2.45, 2.75) is 12.7 Å². The molecule has 0 saturated heterocycles. The Morgan fingerprint density at radius 2 is 1.73 bits per heavy atom. The van der Waals surface area contributed by atoms with Crippen molar-refractivity contribution in [3.05, 3.63) is 65.5 Å². The van der Waals surface area contributed by atoms with E-state index in [0.29, 0.717) is 0 Å². The van der Waals surface area contributed by atoms with Crippen molar-refractivity contribution in [3.63, 3.8) is 0 Å². The van der Waals surface area contributed by atoms with Crippen LogP contribution in [-0.4, -0.2) is 9.55 Å². The van der Waals surface area contributed by atoms with Gasteiger partial charge in [0, 0.05) is 5.56 Å². The Morgan fingerprint density at radius 1 is 1.00 bits per heavy atom. The van der Waals surface area contributed by atoms with Crippen molar-refractivity contribution in [3.8, 4) is 0 Å². The molecule has 0 radical (unpaired) electrons. The van der Waals surface area contributed by atoms with Gasteiger partial charge in [-0.3, -0.25) is 0 Å². The largest absolute Gasteiger partial charge is 0.449 e. The molecule has 0 bridgehead atoms. The first-order valence-electron chi connectivity index (χ1n) is 6.32. The molecule has 0 amide bonds. The SMILES string of the molecule is Fc1ccc(F)c(Cn2c(C(F)(F)F)nc3ccccc32)c1. The molecule has 0 atom stereocenters. The molecule has 2 aromatic carbocycles. The number of hydrogen-bond acceptors (Lipinski definition) is 1. The predicted molar refractivity (Wildman–Crippen MR) is 70.2 cm³/mol. The predicted octanol–water partition coefficient (Wildman–Crippen LogP) is 4.38. The maximum absolute atomic E-state index is 13.7. The number of aromatic nitrogens is 2. The standard InChI is InChI=1S/C15H9F5N2/c16-10-5-6-11(17)9(7-10)8-22-13-4-2-1-3-12(13)21-14(22)15(18,19)20/h1-7H,8H2. The van der Waals surface area contributed by atoms with Gasteiger partial charge in [-0.25, -0.2) is 13.8 Å². The second-order valence-electron chi connectivity index (χ2n) is 4.74. The molecule has 0 fully saturated rings. The Balaban J connectivity index is 2.18. The summed E-state index contributed by atoms with van der Waals surface area (Å²) in [5.74, 6) is -2.63. The summed E-state index contributed by atoms with van der Waals surface area (Å²) in [5.41, 5.74) is 0.179. The number of nitrogens with zero attached hydrogens (tertiary/aromatic N) is 2. The number of imidazole rings is 1. The summed E-state index contributed by atoms with van der Waals surface area (Å²) in [6.45, 7) is -0.459. The zero-order chi connectivity index (χ0) is 15.9. The number of hydrogen-bond donors (Lipinski definition) is 0. The quantitative estimate of drug-likeness (QED) is 0.642. The van der Waals surface area contributed by atoms with E-state index in [9.17, 15) is 22.0 Å². The Hall–Kier alpha value is -2.44. The van der Waals surface area contributed by atoms with Gasteiger partial charge in [0.2, 0.25) is 5.82 Å². The lowest BCUT2D eigenvalue weighted by molar-refractivity contribution is -0.146. The molecule has 22 heavy (non-hydrogen) atoms. The van der Waals surface area contributed by atoms with Gasteiger partial charge in [-0.1, -0.05) is 12.1 Å². The number of fused-ring (bicyclic) bond motifs is 1. The third kappa shape index (κ3) is 2.54. The number of halogens is 5. The minimum Gasteiger partial charge on any atom is -0.316 e. The van der Waals surface area contributed by atoms with E-state index < -0.39 is 30.2 Å². The van der Waals surface area contributed by atoms with E-state index in [2.05, 4.69) is 4.98 Å². The third-order valence-electron chi connectivity index (χ3n) is 3.24. The maximum atomic E-state index is 13.7. The van der Waals surface area contributed by atoms with Gasteiger partial charge in [0.25, 0.3) is 0 Å². The Kier molecular flexibility index (Phi) is 3.35. The molecule has 3 aromatic rings. The number of benzene rings is 2. The number of alkyl halides is 3. The van der Waals surface area contributed by atoms with Gasteiger partial charge in [0.05, 0.1) is 17.6 Å². The van der Waals surface area contributed by atoms with Crippen LogP contribution in [0, 0.1) is 11.6 Å². The second-order valence-corrected chi connectivity index (χ2v) is 4.74. The summed E-state index contributed by atoms with van der Waals surface area (Å²) in [5, 5.41) is 0. The second kappa shape index (κ2) is 5.08. The Bertz CT molecular complexity index is 836. The molecule has 0 aliphatic carbocycles. The highest BCUT2D eigenvalue weighted by molar-refractivity contribution is 5.76. The average molecular weight is 312 g/mol. The molecular weight excluding hydrogens is 303 g/mol. The highest BCUT2D eigenvalue weighted by Crippen LogP contribution is 2.32. The lowest BCUT2D eigenvalue weighted by Gasteiger charge is -2.12. The van der Waals surface area contributed by atoms with E-state index in [1.165, 1.54) is 12.1 Å². The molecule has 0 N–H and O–H groups in total. The summed E-state index contributed by atoms with van der Waals surface area (Å²) < 4.78 is 67.1. The minimum absolute atomic E-state index is 0.145. The molecule has 0 saturated carbocycles. The van der Waals surface area contributed by atoms with E-state index >= 15 is 0 Å². The first-order valence-corrected chi connectivity index (χ1v) is 6.32. The molecule has 0 spiro atoms. The summed E-state index contributed by atoms with van der Waals surface area (Å²) in [6.07, 6.45) is -4.69. The van der Waals surface area contributed by atoms with Crippen LogP contribution in [0.25, 0.3) is 11.0 Å². The van der Waals surface area contributed by atoms with Gasteiger partial charge in [-0.15, -0.1) is 0 Å². The van der Waals surface area contributed by atoms with Crippen LogP contribution in [0.3, 0.4) is 0 Å².